The van der Waals surface area contributed by atoms with Crippen LogP contribution in [-0.2, 0) is 0 Å². The predicted molar refractivity (Wildman–Crippen MR) is 77.8 cm³/mol. The van der Waals surface area contributed by atoms with E-state index in [0.29, 0.717) is 24.3 Å². The number of nitrogens with one attached hydrogen (secondary N) is 1. The molecule has 0 saturated carbocycles. The molecule has 2 atom stereocenters. The molecule has 0 spiro atoms. The SMILES string of the molecule is CCC(CC)c1cc(C(=O)N2CCNC(C)C2C)on1. The van der Waals surface area contributed by atoms with Gasteiger partial charge in [0, 0.05) is 37.2 Å². The van der Waals surface area contributed by atoms with Crippen LogP contribution < -0.4 is 5.32 Å². The maximum Gasteiger partial charge on any atom is 0.292 e. The van der Waals surface area contributed by atoms with Crippen molar-refractivity contribution in [3.05, 3.63) is 17.5 Å². The van der Waals surface area contributed by atoms with Crippen molar-refractivity contribution in [3.8, 4) is 0 Å². The minimum atomic E-state index is -0.0458. The topological polar surface area (TPSA) is 58.4 Å². The third-order valence-electron chi connectivity index (χ3n) is 4.44. The highest BCUT2D eigenvalue weighted by Gasteiger charge is 2.31. The first kappa shape index (κ1) is 15.0. The maximum atomic E-state index is 12.5. The van der Waals surface area contributed by atoms with Gasteiger partial charge in [-0.15, -0.1) is 0 Å². The van der Waals surface area contributed by atoms with E-state index in [9.17, 15) is 4.79 Å². The maximum absolute atomic E-state index is 12.5. The molecule has 1 aliphatic heterocycles. The number of carbonyl (C=O) groups excluding carboxylic acids is 1. The molecule has 1 aromatic heterocycles. The zero-order valence-corrected chi connectivity index (χ0v) is 12.8. The van der Waals surface area contributed by atoms with Crippen molar-refractivity contribution in [1.82, 2.24) is 15.4 Å². The quantitative estimate of drug-likeness (QED) is 0.919. The van der Waals surface area contributed by atoms with Crippen LogP contribution in [0.2, 0.25) is 0 Å². The Kier molecular flexibility index (Phi) is 4.81. The number of carbonyl (C=O) groups is 1. The molecule has 1 aliphatic rings. The number of rotatable bonds is 4. The minimum absolute atomic E-state index is 0.0458. The Morgan fingerprint density at radius 3 is 2.85 bits per heavy atom. The lowest BCUT2D eigenvalue weighted by atomic mass is 9.99. The van der Waals surface area contributed by atoms with E-state index >= 15 is 0 Å². The Morgan fingerprint density at radius 1 is 1.50 bits per heavy atom. The summed E-state index contributed by atoms with van der Waals surface area (Å²) in [6.45, 7) is 9.96. The molecule has 1 amide bonds. The van der Waals surface area contributed by atoms with Gasteiger partial charge >= 0.3 is 0 Å². The minimum Gasteiger partial charge on any atom is -0.351 e. The molecule has 2 rings (SSSR count). The van der Waals surface area contributed by atoms with Crippen LogP contribution in [0, 0.1) is 0 Å². The Morgan fingerprint density at radius 2 is 2.20 bits per heavy atom. The van der Waals surface area contributed by atoms with E-state index in [1.165, 1.54) is 0 Å². The molecule has 1 aromatic rings. The number of hydrogen-bond acceptors (Lipinski definition) is 4. The third kappa shape index (κ3) is 2.87. The molecule has 1 saturated heterocycles. The molecular formula is C15H25N3O2. The molecule has 20 heavy (non-hydrogen) atoms. The Bertz CT molecular complexity index is 454. The van der Waals surface area contributed by atoms with Gasteiger partial charge in [-0.1, -0.05) is 19.0 Å². The molecule has 0 aromatic carbocycles. The van der Waals surface area contributed by atoms with E-state index in [1.807, 2.05) is 11.0 Å². The smallest absolute Gasteiger partial charge is 0.292 e. The highest BCUT2D eigenvalue weighted by molar-refractivity contribution is 5.91. The van der Waals surface area contributed by atoms with Gasteiger partial charge in [-0.2, -0.15) is 0 Å². The predicted octanol–water partition coefficient (Wildman–Crippen LogP) is 2.40. The van der Waals surface area contributed by atoms with Crippen LogP contribution in [0.3, 0.4) is 0 Å². The molecule has 0 radical (unpaired) electrons. The fraction of sp³-hybridized carbons (Fsp3) is 0.733. The van der Waals surface area contributed by atoms with Crippen LogP contribution in [0.25, 0.3) is 0 Å². The van der Waals surface area contributed by atoms with E-state index in [4.69, 9.17) is 4.52 Å². The normalized spacial score (nSPS) is 23.4. The molecule has 2 heterocycles. The van der Waals surface area contributed by atoms with Crippen LogP contribution in [0.15, 0.2) is 10.6 Å². The molecular weight excluding hydrogens is 254 g/mol. The molecule has 1 N–H and O–H groups in total. The van der Waals surface area contributed by atoms with Gasteiger partial charge in [0.25, 0.3) is 5.91 Å². The highest BCUT2D eigenvalue weighted by Crippen LogP contribution is 2.23. The van der Waals surface area contributed by atoms with Crippen molar-refractivity contribution in [3.63, 3.8) is 0 Å². The summed E-state index contributed by atoms with van der Waals surface area (Å²) in [5, 5.41) is 7.45. The van der Waals surface area contributed by atoms with E-state index in [2.05, 4.69) is 38.2 Å². The summed E-state index contributed by atoms with van der Waals surface area (Å²) in [7, 11) is 0. The molecule has 2 unspecified atom stereocenters. The summed E-state index contributed by atoms with van der Waals surface area (Å²) in [4.78, 5) is 14.4. The Balaban J connectivity index is 2.13. The van der Waals surface area contributed by atoms with E-state index in [1.54, 1.807) is 0 Å². The summed E-state index contributed by atoms with van der Waals surface area (Å²) in [6, 6.07) is 2.28. The van der Waals surface area contributed by atoms with E-state index in [0.717, 1.165) is 25.1 Å². The first-order chi connectivity index (χ1) is 9.58. The van der Waals surface area contributed by atoms with Gasteiger partial charge in [-0.3, -0.25) is 4.79 Å². The lowest BCUT2D eigenvalue weighted by molar-refractivity contribution is 0.0561. The fourth-order valence-corrected chi connectivity index (χ4v) is 2.77. The Labute approximate surface area is 120 Å². The molecule has 1 fully saturated rings. The highest BCUT2D eigenvalue weighted by atomic mass is 16.5. The van der Waals surface area contributed by atoms with Crippen molar-refractivity contribution in [2.75, 3.05) is 13.1 Å². The molecule has 5 heteroatoms. The Hall–Kier alpha value is -1.36. The van der Waals surface area contributed by atoms with Gasteiger partial charge in [0.05, 0.1) is 5.69 Å². The van der Waals surface area contributed by atoms with Crippen LogP contribution in [0.1, 0.15) is 62.7 Å². The molecule has 5 nitrogen and oxygen atoms in total. The van der Waals surface area contributed by atoms with E-state index < -0.39 is 0 Å². The second kappa shape index (κ2) is 6.39. The first-order valence-electron chi connectivity index (χ1n) is 7.59. The van der Waals surface area contributed by atoms with Crippen LogP contribution in [0.4, 0.5) is 0 Å². The molecule has 112 valence electrons. The average molecular weight is 279 g/mol. The number of nitrogens with zero attached hydrogens (tertiary/aromatic N) is 2. The van der Waals surface area contributed by atoms with Gasteiger partial charge in [0.1, 0.15) is 0 Å². The fourth-order valence-electron chi connectivity index (χ4n) is 2.77. The summed E-state index contributed by atoms with van der Waals surface area (Å²) in [6.07, 6.45) is 2.02. The van der Waals surface area contributed by atoms with Crippen molar-refractivity contribution in [1.29, 1.82) is 0 Å². The first-order valence-corrected chi connectivity index (χ1v) is 7.59. The average Bonchev–Trinajstić information content (AvgIpc) is 2.92. The van der Waals surface area contributed by atoms with Crippen molar-refractivity contribution < 1.29 is 9.32 Å². The van der Waals surface area contributed by atoms with Crippen LogP contribution in [-0.4, -0.2) is 41.1 Å². The van der Waals surface area contributed by atoms with Gasteiger partial charge in [-0.05, 0) is 26.7 Å². The molecule has 0 aliphatic carbocycles. The van der Waals surface area contributed by atoms with E-state index in [-0.39, 0.29) is 11.9 Å². The number of amides is 1. The van der Waals surface area contributed by atoms with Gasteiger partial charge in [0.15, 0.2) is 0 Å². The van der Waals surface area contributed by atoms with Crippen molar-refractivity contribution >= 4 is 5.91 Å². The largest absolute Gasteiger partial charge is 0.351 e. The monoisotopic (exact) mass is 279 g/mol. The zero-order valence-electron chi connectivity index (χ0n) is 12.8. The standard InChI is InChI=1S/C15H25N3O2/c1-5-12(6-2)13-9-14(20-17-13)15(19)18-8-7-16-10(3)11(18)4/h9-12,16H,5-8H2,1-4H3. The number of hydrogen-bond donors (Lipinski definition) is 1. The lowest BCUT2D eigenvalue weighted by Crippen LogP contribution is -2.57. The summed E-state index contributed by atoms with van der Waals surface area (Å²) in [5.41, 5.74) is 0.897. The van der Waals surface area contributed by atoms with Gasteiger partial charge in [0.2, 0.25) is 5.76 Å². The second-order valence-corrected chi connectivity index (χ2v) is 5.61. The molecule has 0 bridgehead atoms. The summed E-state index contributed by atoms with van der Waals surface area (Å²) >= 11 is 0. The van der Waals surface area contributed by atoms with Gasteiger partial charge in [-0.25, -0.2) is 0 Å². The van der Waals surface area contributed by atoms with Crippen molar-refractivity contribution in [2.45, 2.75) is 58.5 Å². The second-order valence-electron chi connectivity index (χ2n) is 5.61. The summed E-state index contributed by atoms with van der Waals surface area (Å²) < 4.78 is 5.29. The number of aromatic nitrogens is 1. The van der Waals surface area contributed by atoms with Crippen LogP contribution in [0.5, 0.6) is 0 Å². The zero-order chi connectivity index (χ0) is 14.7. The third-order valence-corrected chi connectivity index (χ3v) is 4.44. The summed E-state index contributed by atoms with van der Waals surface area (Å²) in [5.74, 6) is 0.697. The van der Waals surface area contributed by atoms with Crippen LogP contribution >= 0.6 is 0 Å². The van der Waals surface area contributed by atoms with Crippen molar-refractivity contribution in [2.24, 2.45) is 0 Å². The lowest BCUT2D eigenvalue weighted by Gasteiger charge is -2.37. The van der Waals surface area contributed by atoms with Gasteiger partial charge < -0.3 is 14.7 Å². The number of piperazine rings is 1.